The van der Waals surface area contributed by atoms with E-state index in [9.17, 15) is 4.79 Å². The molecule has 0 fully saturated rings. The second-order valence-electron chi connectivity index (χ2n) is 10.1. The van der Waals surface area contributed by atoms with Gasteiger partial charge in [0.1, 0.15) is 12.4 Å². The summed E-state index contributed by atoms with van der Waals surface area (Å²) in [5.41, 5.74) is 9.35. The molecular formula is C29H31N9O. The monoisotopic (exact) mass is 521 g/mol. The molecule has 1 aromatic carbocycles. The Labute approximate surface area is 226 Å². The molecule has 39 heavy (non-hydrogen) atoms. The van der Waals surface area contributed by atoms with Gasteiger partial charge in [-0.1, -0.05) is 24.3 Å². The number of nitrogens with zero attached hydrogens (tertiary/aromatic N) is 9. The molecule has 5 aromatic rings. The number of aromatic nitrogens is 8. The highest BCUT2D eigenvalue weighted by atomic mass is 16.2. The Morgan fingerprint density at radius 2 is 1.77 bits per heavy atom. The van der Waals surface area contributed by atoms with Crippen LogP contribution in [0.15, 0.2) is 55.1 Å². The van der Waals surface area contributed by atoms with Crippen molar-refractivity contribution in [3.63, 3.8) is 0 Å². The Balaban J connectivity index is 1.31. The van der Waals surface area contributed by atoms with Gasteiger partial charge >= 0.3 is 0 Å². The third kappa shape index (κ3) is 4.73. The van der Waals surface area contributed by atoms with E-state index >= 15 is 0 Å². The van der Waals surface area contributed by atoms with E-state index in [1.165, 1.54) is 0 Å². The molecule has 10 nitrogen and oxygen atoms in total. The summed E-state index contributed by atoms with van der Waals surface area (Å²) in [5.74, 6) is 0.765. The van der Waals surface area contributed by atoms with Gasteiger partial charge in [-0.25, -0.2) is 9.97 Å². The molecule has 0 N–H and O–H groups in total. The van der Waals surface area contributed by atoms with Crippen LogP contribution in [0.5, 0.6) is 0 Å². The molecule has 10 heteroatoms. The molecule has 1 aliphatic rings. The number of rotatable bonds is 7. The summed E-state index contributed by atoms with van der Waals surface area (Å²) < 4.78 is 5.55. The predicted octanol–water partition coefficient (Wildman–Crippen LogP) is 3.40. The average molecular weight is 522 g/mol. The van der Waals surface area contributed by atoms with Gasteiger partial charge in [0.25, 0.3) is 0 Å². The Bertz CT molecular complexity index is 1660. The zero-order chi connectivity index (χ0) is 27.1. The van der Waals surface area contributed by atoms with E-state index < -0.39 is 0 Å². The van der Waals surface area contributed by atoms with Gasteiger partial charge < -0.3 is 4.90 Å². The van der Waals surface area contributed by atoms with Gasteiger partial charge in [-0.3, -0.25) is 18.8 Å². The molecule has 1 amide bonds. The van der Waals surface area contributed by atoms with E-state index in [1.807, 2.05) is 41.1 Å². The van der Waals surface area contributed by atoms with Crippen molar-refractivity contribution in [3.8, 4) is 33.6 Å². The van der Waals surface area contributed by atoms with Crippen molar-refractivity contribution in [1.82, 2.24) is 44.2 Å². The number of likely N-dealkylation sites (N-methyl/N-ethyl adjacent to an activating group) is 1. The number of aryl methyl sites for hydroxylation is 4. The quantitative estimate of drug-likeness (QED) is 0.326. The number of carbonyl (C=O) groups is 1. The van der Waals surface area contributed by atoms with Crippen LogP contribution < -0.4 is 0 Å². The molecule has 0 unspecified atom stereocenters. The maximum Gasteiger partial charge on any atom is 0.243 e. The van der Waals surface area contributed by atoms with Gasteiger partial charge in [0.2, 0.25) is 5.91 Å². The van der Waals surface area contributed by atoms with Gasteiger partial charge in [0, 0.05) is 63.0 Å². The number of benzene rings is 1. The molecule has 0 spiro atoms. The normalized spacial score (nSPS) is 12.3. The van der Waals surface area contributed by atoms with Gasteiger partial charge in [-0.05, 0) is 37.0 Å². The average Bonchev–Trinajstić information content (AvgIpc) is 3.67. The van der Waals surface area contributed by atoms with Crippen LogP contribution in [0.3, 0.4) is 0 Å². The second kappa shape index (κ2) is 9.94. The fourth-order valence-electron chi connectivity index (χ4n) is 5.05. The third-order valence-corrected chi connectivity index (χ3v) is 7.18. The Hall–Kier alpha value is -4.60. The molecule has 198 valence electrons. The summed E-state index contributed by atoms with van der Waals surface area (Å²) in [4.78, 5) is 23.3. The van der Waals surface area contributed by atoms with Crippen LogP contribution >= 0.6 is 0 Å². The molecule has 6 rings (SSSR count). The zero-order valence-corrected chi connectivity index (χ0v) is 22.7. The first-order valence-electron chi connectivity index (χ1n) is 13.2. The van der Waals surface area contributed by atoms with E-state index in [0.29, 0.717) is 6.42 Å². The lowest BCUT2D eigenvalue weighted by molar-refractivity contribution is -0.129. The van der Waals surface area contributed by atoms with Crippen LogP contribution in [0.2, 0.25) is 0 Å². The van der Waals surface area contributed by atoms with Crippen molar-refractivity contribution in [1.29, 1.82) is 0 Å². The van der Waals surface area contributed by atoms with Crippen molar-refractivity contribution >= 4 is 5.91 Å². The first kappa shape index (κ1) is 24.7. The van der Waals surface area contributed by atoms with Gasteiger partial charge in [0.05, 0.1) is 35.4 Å². The summed E-state index contributed by atoms with van der Waals surface area (Å²) in [5, 5.41) is 13.8. The standard InChI is InChI=1S/C29H31N9O/c1-5-37-13-12-23(33-37)14-25-30-15-21-10-11-24-27(28(21)32-25)29(36(4)34-24)20-8-6-19(7-9-20)22-16-31-38(17-22)18-26(39)35(2)3/h6-9,12-13,15-17H,5,10-11,14,18H2,1-4H3. The predicted molar refractivity (Wildman–Crippen MR) is 148 cm³/mol. The highest BCUT2D eigenvalue weighted by molar-refractivity contribution is 5.84. The van der Waals surface area contributed by atoms with Crippen molar-refractivity contribution in [2.24, 2.45) is 7.05 Å². The summed E-state index contributed by atoms with van der Waals surface area (Å²) in [6, 6.07) is 10.4. The van der Waals surface area contributed by atoms with E-state index in [4.69, 9.17) is 10.1 Å². The minimum absolute atomic E-state index is 0.00357. The van der Waals surface area contributed by atoms with Gasteiger partial charge in [-0.2, -0.15) is 15.3 Å². The summed E-state index contributed by atoms with van der Waals surface area (Å²) >= 11 is 0. The van der Waals surface area contributed by atoms with Crippen LogP contribution in [0.1, 0.15) is 29.7 Å². The molecule has 0 saturated carbocycles. The highest BCUT2D eigenvalue weighted by Gasteiger charge is 2.27. The summed E-state index contributed by atoms with van der Waals surface area (Å²) in [6.45, 7) is 3.13. The molecule has 0 radical (unpaired) electrons. The molecule has 0 bridgehead atoms. The van der Waals surface area contributed by atoms with Crippen LogP contribution in [0.4, 0.5) is 0 Å². The minimum atomic E-state index is 0.00357. The number of hydrogen-bond acceptors (Lipinski definition) is 6. The van der Waals surface area contributed by atoms with Crippen LogP contribution in [0, 0.1) is 0 Å². The van der Waals surface area contributed by atoms with Crippen molar-refractivity contribution in [3.05, 3.63) is 77.9 Å². The van der Waals surface area contributed by atoms with Crippen LogP contribution in [-0.4, -0.2) is 64.2 Å². The molecule has 0 aliphatic heterocycles. The minimum Gasteiger partial charge on any atom is -0.347 e. The smallest absolute Gasteiger partial charge is 0.243 e. The van der Waals surface area contributed by atoms with E-state index in [2.05, 4.69) is 46.4 Å². The van der Waals surface area contributed by atoms with Crippen molar-refractivity contribution in [2.75, 3.05) is 14.1 Å². The molecule has 0 saturated heterocycles. The second-order valence-corrected chi connectivity index (χ2v) is 10.1. The van der Waals surface area contributed by atoms with Crippen molar-refractivity contribution < 1.29 is 4.79 Å². The molecule has 4 aromatic heterocycles. The molecule has 4 heterocycles. The van der Waals surface area contributed by atoms with Gasteiger partial charge in [-0.15, -0.1) is 0 Å². The number of fused-ring (bicyclic) bond motifs is 3. The third-order valence-electron chi connectivity index (χ3n) is 7.18. The lowest BCUT2D eigenvalue weighted by atomic mass is 9.91. The zero-order valence-electron chi connectivity index (χ0n) is 22.7. The Kier molecular flexibility index (Phi) is 6.30. The number of hydrogen-bond donors (Lipinski definition) is 0. The maximum absolute atomic E-state index is 12.0. The summed E-state index contributed by atoms with van der Waals surface area (Å²) in [6.07, 6.45) is 9.99. The largest absolute Gasteiger partial charge is 0.347 e. The van der Waals surface area contributed by atoms with Crippen LogP contribution in [0.25, 0.3) is 33.6 Å². The van der Waals surface area contributed by atoms with Crippen molar-refractivity contribution in [2.45, 2.75) is 39.3 Å². The fraction of sp³-hybridized carbons (Fsp3) is 0.310. The van der Waals surface area contributed by atoms with E-state index in [-0.39, 0.29) is 12.5 Å². The number of amides is 1. The van der Waals surface area contributed by atoms with Crippen LogP contribution in [-0.2, 0) is 44.2 Å². The molecule has 0 atom stereocenters. The van der Waals surface area contributed by atoms with E-state index in [0.717, 1.165) is 75.8 Å². The highest BCUT2D eigenvalue weighted by Crippen LogP contribution is 2.39. The number of carbonyl (C=O) groups excluding carboxylic acids is 1. The topological polar surface area (TPSA) is 99.5 Å². The van der Waals surface area contributed by atoms with Gasteiger partial charge in [0.15, 0.2) is 0 Å². The maximum atomic E-state index is 12.0. The Morgan fingerprint density at radius 3 is 2.51 bits per heavy atom. The summed E-state index contributed by atoms with van der Waals surface area (Å²) in [7, 11) is 5.48. The SMILES string of the molecule is CCn1ccc(Cc2ncc3c(n2)-c2c(nn(C)c2-c2ccc(-c4cnn(CC(=O)N(C)C)c4)cc2)CC3)n1. The lowest BCUT2D eigenvalue weighted by Gasteiger charge is -2.16. The Morgan fingerprint density at radius 1 is 0.974 bits per heavy atom. The first-order valence-corrected chi connectivity index (χ1v) is 13.2. The first-order chi connectivity index (χ1) is 18.9. The molecule has 1 aliphatic carbocycles. The fourth-order valence-corrected chi connectivity index (χ4v) is 5.05. The lowest BCUT2D eigenvalue weighted by Crippen LogP contribution is -2.26. The van der Waals surface area contributed by atoms with E-state index in [1.54, 1.807) is 29.9 Å². The molecular weight excluding hydrogens is 490 g/mol.